The SMILES string of the molecule is COc1ccc(C2(N=C=O)CCCC2)c(OC)c1F. The highest BCUT2D eigenvalue weighted by Crippen LogP contribution is 2.47. The Morgan fingerprint density at radius 3 is 2.47 bits per heavy atom. The summed E-state index contributed by atoms with van der Waals surface area (Å²) < 4.78 is 24.3. The summed E-state index contributed by atoms with van der Waals surface area (Å²) in [6.07, 6.45) is 4.90. The van der Waals surface area contributed by atoms with Crippen molar-refractivity contribution in [2.24, 2.45) is 4.99 Å². The van der Waals surface area contributed by atoms with Crippen LogP contribution in [0.2, 0.25) is 0 Å². The minimum atomic E-state index is -0.708. The van der Waals surface area contributed by atoms with Crippen LogP contribution in [0.5, 0.6) is 11.5 Å². The molecule has 0 saturated heterocycles. The van der Waals surface area contributed by atoms with E-state index < -0.39 is 11.4 Å². The lowest BCUT2D eigenvalue weighted by Crippen LogP contribution is -2.20. The van der Waals surface area contributed by atoms with Gasteiger partial charge in [-0.1, -0.05) is 12.8 Å². The molecule has 0 atom stereocenters. The molecule has 102 valence electrons. The number of isocyanates is 1. The number of hydrogen-bond acceptors (Lipinski definition) is 4. The van der Waals surface area contributed by atoms with Gasteiger partial charge < -0.3 is 9.47 Å². The van der Waals surface area contributed by atoms with E-state index in [1.165, 1.54) is 20.3 Å². The number of halogens is 1. The molecule has 1 aromatic rings. The number of aliphatic imine (C=N–C) groups is 1. The van der Waals surface area contributed by atoms with Gasteiger partial charge in [0, 0.05) is 5.56 Å². The minimum absolute atomic E-state index is 0.0975. The predicted octanol–water partition coefficient (Wildman–Crippen LogP) is 2.95. The molecule has 0 aromatic heterocycles. The van der Waals surface area contributed by atoms with Crippen molar-refractivity contribution in [1.29, 1.82) is 0 Å². The highest BCUT2D eigenvalue weighted by atomic mass is 19.1. The van der Waals surface area contributed by atoms with Gasteiger partial charge in [0.2, 0.25) is 11.9 Å². The maximum absolute atomic E-state index is 14.2. The number of ether oxygens (including phenoxy) is 2. The normalized spacial score (nSPS) is 16.8. The van der Waals surface area contributed by atoms with Gasteiger partial charge in [-0.25, -0.2) is 4.79 Å². The van der Waals surface area contributed by atoms with Crippen LogP contribution in [0.3, 0.4) is 0 Å². The van der Waals surface area contributed by atoms with Crippen molar-refractivity contribution in [3.63, 3.8) is 0 Å². The first-order valence-corrected chi connectivity index (χ1v) is 6.18. The van der Waals surface area contributed by atoms with E-state index in [4.69, 9.17) is 9.47 Å². The number of nitrogens with zero attached hydrogens (tertiary/aromatic N) is 1. The Morgan fingerprint density at radius 1 is 1.26 bits per heavy atom. The summed E-state index contributed by atoms with van der Waals surface area (Å²) in [5.41, 5.74) is -0.116. The van der Waals surface area contributed by atoms with Gasteiger partial charge in [0.15, 0.2) is 11.5 Å². The number of carbonyl (C=O) groups excluding carboxylic acids is 1. The van der Waals surface area contributed by atoms with Crippen molar-refractivity contribution in [2.75, 3.05) is 14.2 Å². The molecule has 0 spiro atoms. The maximum atomic E-state index is 14.2. The summed E-state index contributed by atoms with van der Waals surface area (Å²) in [5, 5.41) is 0. The van der Waals surface area contributed by atoms with Gasteiger partial charge in [0.25, 0.3) is 0 Å². The average molecular weight is 265 g/mol. The van der Waals surface area contributed by atoms with E-state index in [0.717, 1.165) is 12.8 Å². The molecule has 0 amide bonds. The fraction of sp³-hybridized carbons (Fsp3) is 0.500. The number of hydrogen-bond donors (Lipinski definition) is 0. The molecule has 1 aromatic carbocycles. The standard InChI is InChI=1S/C14H16FNO3/c1-18-11-6-5-10(13(19-2)12(11)15)14(16-9-17)7-3-4-8-14/h5-6H,3-4,7-8H2,1-2H3. The lowest BCUT2D eigenvalue weighted by molar-refractivity contribution is 0.333. The molecule has 1 saturated carbocycles. The van der Waals surface area contributed by atoms with Gasteiger partial charge in [-0.3, -0.25) is 0 Å². The molecule has 1 aliphatic rings. The molecule has 2 rings (SSSR count). The van der Waals surface area contributed by atoms with Crippen molar-refractivity contribution in [2.45, 2.75) is 31.2 Å². The van der Waals surface area contributed by atoms with Crippen molar-refractivity contribution >= 4 is 6.08 Å². The molecule has 0 radical (unpaired) electrons. The largest absolute Gasteiger partial charge is 0.494 e. The Labute approximate surface area is 111 Å². The second-order valence-corrected chi connectivity index (χ2v) is 4.60. The third-order valence-electron chi connectivity index (χ3n) is 3.68. The lowest BCUT2D eigenvalue weighted by atomic mass is 9.88. The van der Waals surface area contributed by atoms with E-state index in [2.05, 4.69) is 4.99 Å². The number of methoxy groups -OCH3 is 2. The first-order chi connectivity index (χ1) is 9.18. The quantitative estimate of drug-likeness (QED) is 0.621. The fourth-order valence-electron chi connectivity index (χ4n) is 2.75. The molecule has 0 heterocycles. The average Bonchev–Trinajstić information content (AvgIpc) is 2.88. The zero-order valence-corrected chi connectivity index (χ0v) is 11.0. The van der Waals surface area contributed by atoms with E-state index in [1.54, 1.807) is 12.1 Å². The highest BCUT2D eigenvalue weighted by molar-refractivity contribution is 5.49. The third kappa shape index (κ3) is 2.22. The third-order valence-corrected chi connectivity index (χ3v) is 3.68. The van der Waals surface area contributed by atoms with Crippen LogP contribution < -0.4 is 9.47 Å². The molecule has 4 nitrogen and oxygen atoms in total. The van der Waals surface area contributed by atoms with Gasteiger partial charge >= 0.3 is 0 Å². The monoisotopic (exact) mass is 265 g/mol. The Bertz CT molecular complexity index is 518. The first-order valence-electron chi connectivity index (χ1n) is 6.18. The molecule has 0 N–H and O–H groups in total. The van der Waals surface area contributed by atoms with Crippen molar-refractivity contribution in [1.82, 2.24) is 0 Å². The van der Waals surface area contributed by atoms with Crippen molar-refractivity contribution in [3.05, 3.63) is 23.5 Å². The van der Waals surface area contributed by atoms with Crippen LogP contribution in [-0.2, 0) is 10.3 Å². The van der Waals surface area contributed by atoms with Crippen LogP contribution in [0, 0.1) is 5.82 Å². The van der Waals surface area contributed by atoms with Gasteiger partial charge in [0.05, 0.1) is 14.2 Å². The van der Waals surface area contributed by atoms with Crippen LogP contribution in [-0.4, -0.2) is 20.3 Å². The highest BCUT2D eigenvalue weighted by Gasteiger charge is 2.39. The summed E-state index contributed by atoms with van der Waals surface area (Å²) in [6.45, 7) is 0. The predicted molar refractivity (Wildman–Crippen MR) is 67.8 cm³/mol. The lowest BCUT2D eigenvalue weighted by Gasteiger charge is -2.25. The zero-order valence-electron chi connectivity index (χ0n) is 11.0. The molecule has 19 heavy (non-hydrogen) atoms. The molecular formula is C14H16FNO3. The van der Waals surface area contributed by atoms with Gasteiger partial charge in [0.1, 0.15) is 5.54 Å². The molecule has 0 aliphatic heterocycles. The van der Waals surface area contributed by atoms with Crippen LogP contribution in [0.4, 0.5) is 4.39 Å². The second-order valence-electron chi connectivity index (χ2n) is 4.60. The first kappa shape index (κ1) is 13.6. The number of rotatable bonds is 4. The van der Waals surface area contributed by atoms with Crippen LogP contribution in [0.15, 0.2) is 17.1 Å². The minimum Gasteiger partial charge on any atom is -0.494 e. The molecular weight excluding hydrogens is 249 g/mol. The smallest absolute Gasteiger partial charge is 0.235 e. The van der Waals surface area contributed by atoms with E-state index in [9.17, 15) is 9.18 Å². The molecule has 0 unspecified atom stereocenters. The van der Waals surface area contributed by atoms with Gasteiger partial charge in [-0.05, 0) is 25.0 Å². The molecule has 0 bridgehead atoms. The summed E-state index contributed by atoms with van der Waals surface area (Å²) in [4.78, 5) is 14.6. The fourth-order valence-corrected chi connectivity index (χ4v) is 2.75. The van der Waals surface area contributed by atoms with Gasteiger partial charge in [-0.15, -0.1) is 0 Å². The van der Waals surface area contributed by atoms with Crippen LogP contribution in [0.25, 0.3) is 0 Å². The van der Waals surface area contributed by atoms with E-state index in [-0.39, 0.29) is 11.5 Å². The van der Waals surface area contributed by atoms with Crippen molar-refractivity contribution in [3.8, 4) is 11.5 Å². The van der Waals surface area contributed by atoms with E-state index >= 15 is 0 Å². The second kappa shape index (κ2) is 5.41. The maximum Gasteiger partial charge on any atom is 0.235 e. The molecule has 5 heteroatoms. The molecule has 1 aliphatic carbocycles. The Kier molecular flexibility index (Phi) is 3.86. The Morgan fingerprint density at radius 2 is 1.95 bits per heavy atom. The summed E-state index contributed by atoms with van der Waals surface area (Å²) >= 11 is 0. The van der Waals surface area contributed by atoms with E-state index in [1.807, 2.05) is 0 Å². The van der Waals surface area contributed by atoms with Crippen molar-refractivity contribution < 1.29 is 18.7 Å². The zero-order chi connectivity index (χ0) is 13.9. The van der Waals surface area contributed by atoms with E-state index in [0.29, 0.717) is 18.4 Å². The summed E-state index contributed by atoms with van der Waals surface area (Å²) in [6, 6.07) is 3.25. The topological polar surface area (TPSA) is 47.9 Å². The van der Waals surface area contributed by atoms with Crippen LogP contribution in [0.1, 0.15) is 31.2 Å². The van der Waals surface area contributed by atoms with Crippen LogP contribution >= 0.6 is 0 Å². The number of benzene rings is 1. The van der Waals surface area contributed by atoms with Gasteiger partial charge in [-0.2, -0.15) is 9.38 Å². The summed E-state index contributed by atoms with van der Waals surface area (Å²) in [5.74, 6) is -0.348. The Hall–Kier alpha value is -1.87. The summed E-state index contributed by atoms with van der Waals surface area (Å²) in [7, 11) is 2.79. The molecule has 1 fully saturated rings. The Balaban J connectivity index is 2.60.